The molecule has 1 aromatic carbocycles. The number of halogens is 1. The maximum Gasteiger partial charge on any atom is 0.306 e. The average molecular weight is 264 g/mol. The van der Waals surface area contributed by atoms with Gasteiger partial charge in [0.2, 0.25) is 0 Å². The SMILES string of the molecule is CC(C)S(=O)(=O)c1cccc(Cl)c1[N+](=O)[O-]. The van der Waals surface area contributed by atoms with Crippen molar-refractivity contribution < 1.29 is 13.3 Å². The molecule has 0 radical (unpaired) electrons. The zero-order valence-corrected chi connectivity index (χ0v) is 10.2. The highest BCUT2D eigenvalue weighted by atomic mass is 35.5. The molecule has 0 spiro atoms. The van der Waals surface area contributed by atoms with E-state index in [1.807, 2.05) is 0 Å². The van der Waals surface area contributed by atoms with E-state index in [2.05, 4.69) is 0 Å². The smallest absolute Gasteiger partial charge is 0.258 e. The minimum atomic E-state index is -3.70. The molecule has 0 aliphatic rings. The summed E-state index contributed by atoms with van der Waals surface area (Å²) in [6.45, 7) is 2.92. The third-order valence-corrected chi connectivity index (χ3v) is 4.55. The normalized spacial score (nSPS) is 11.8. The highest BCUT2D eigenvalue weighted by Gasteiger charge is 2.30. The lowest BCUT2D eigenvalue weighted by Gasteiger charge is -2.08. The molecule has 0 fully saturated rings. The van der Waals surface area contributed by atoms with Gasteiger partial charge in [0.25, 0.3) is 0 Å². The number of hydrogen-bond acceptors (Lipinski definition) is 4. The molecule has 0 heterocycles. The Morgan fingerprint density at radius 1 is 1.38 bits per heavy atom. The summed E-state index contributed by atoms with van der Waals surface area (Å²) in [4.78, 5) is 9.66. The number of benzene rings is 1. The Labute approximate surface area is 98.1 Å². The molecule has 0 atom stereocenters. The third-order valence-electron chi connectivity index (χ3n) is 2.06. The molecule has 0 bridgehead atoms. The Morgan fingerprint density at radius 3 is 2.38 bits per heavy atom. The van der Waals surface area contributed by atoms with Crippen molar-refractivity contribution >= 4 is 27.1 Å². The second kappa shape index (κ2) is 4.39. The summed E-state index contributed by atoms with van der Waals surface area (Å²) in [6, 6.07) is 3.86. The first-order valence-corrected chi connectivity index (χ1v) is 6.37. The first-order chi connectivity index (χ1) is 7.28. The first-order valence-electron chi connectivity index (χ1n) is 4.45. The van der Waals surface area contributed by atoms with Crippen molar-refractivity contribution in [3.8, 4) is 0 Å². The number of hydrogen-bond donors (Lipinski definition) is 0. The van der Waals surface area contributed by atoms with Crippen molar-refractivity contribution in [2.45, 2.75) is 24.0 Å². The van der Waals surface area contributed by atoms with Crippen molar-refractivity contribution in [3.05, 3.63) is 33.3 Å². The maximum absolute atomic E-state index is 11.8. The monoisotopic (exact) mass is 263 g/mol. The molecule has 0 amide bonds. The van der Waals surface area contributed by atoms with Gasteiger partial charge < -0.3 is 0 Å². The van der Waals surface area contributed by atoms with Crippen LogP contribution in [0.25, 0.3) is 0 Å². The molecule has 5 nitrogen and oxygen atoms in total. The number of para-hydroxylation sites is 1. The van der Waals surface area contributed by atoms with Crippen LogP contribution in [0.1, 0.15) is 13.8 Å². The standard InChI is InChI=1S/C9H10ClNO4S/c1-6(2)16(14,15)8-5-3-4-7(10)9(8)11(12)13/h3-6H,1-2H3. The van der Waals surface area contributed by atoms with Gasteiger partial charge in [0, 0.05) is 0 Å². The Balaban J connectivity index is 3.59. The molecule has 0 saturated carbocycles. The average Bonchev–Trinajstić information content (AvgIpc) is 2.16. The maximum atomic E-state index is 11.8. The van der Waals surface area contributed by atoms with Crippen LogP contribution >= 0.6 is 11.6 Å². The Morgan fingerprint density at radius 2 is 1.94 bits per heavy atom. The van der Waals surface area contributed by atoms with Crippen molar-refractivity contribution in [2.75, 3.05) is 0 Å². The van der Waals surface area contributed by atoms with Gasteiger partial charge in [0.1, 0.15) is 9.92 Å². The Bertz CT molecular complexity index is 524. The predicted molar refractivity (Wildman–Crippen MR) is 60.4 cm³/mol. The van der Waals surface area contributed by atoms with Crippen LogP contribution in [0.15, 0.2) is 23.1 Å². The highest BCUT2D eigenvalue weighted by molar-refractivity contribution is 7.92. The van der Waals surface area contributed by atoms with Crippen LogP contribution in [-0.2, 0) is 9.84 Å². The van der Waals surface area contributed by atoms with Crippen LogP contribution in [0.3, 0.4) is 0 Å². The van der Waals surface area contributed by atoms with Gasteiger partial charge in [-0.15, -0.1) is 0 Å². The lowest BCUT2D eigenvalue weighted by Crippen LogP contribution is -2.15. The molecule has 0 aromatic heterocycles. The lowest BCUT2D eigenvalue weighted by atomic mass is 10.3. The number of rotatable bonds is 3. The van der Waals surface area contributed by atoms with Crippen LogP contribution in [-0.4, -0.2) is 18.6 Å². The van der Waals surface area contributed by atoms with E-state index in [1.165, 1.54) is 32.0 Å². The molecule has 0 aliphatic heterocycles. The van der Waals surface area contributed by atoms with E-state index in [0.29, 0.717) is 0 Å². The zero-order valence-electron chi connectivity index (χ0n) is 8.68. The number of nitrogens with zero attached hydrogens (tertiary/aromatic N) is 1. The molecular weight excluding hydrogens is 254 g/mol. The lowest BCUT2D eigenvalue weighted by molar-refractivity contribution is -0.387. The third kappa shape index (κ3) is 2.17. The molecule has 0 aliphatic carbocycles. The molecule has 0 N–H and O–H groups in total. The van der Waals surface area contributed by atoms with Gasteiger partial charge in [-0.3, -0.25) is 10.1 Å². The van der Waals surface area contributed by atoms with Crippen LogP contribution in [0, 0.1) is 10.1 Å². The van der Waals surface area contributed by atoms with E-state index >= 15 is 0 Å². The van der Waals surface area contributed by atoms with Crippen molar-refractivity contribution in [1.82, 2.24) is 0 Å². The molecule has 1 aromatic rings. The summed E-state index contributed by atoms with van der Waals surface area (Å²) in [5, 5.41) is 9.86. The molecule has 88 valence electrons. The fourth-order valence-corrected chi connectivity index (χ4v) is 2.69. The van der Waals surface area contributed by atoms with E-state index in [9.17, 15) is 18.5 Å². The first kappa shape index (κ1) is 12.9. The van der Waals surface area contributed by atoms with Gasteiger partial charge in [-0.25, -0.2) is 8.42 Å². The van der Waals surface area contributed by atoms with E-state index in [0.717, 1.165) is 0 Å². The summed E-state index contributed by atoms with van der Waals surface area (Å²) in [6.07, 6.45) is 0. The second-order valence-corrected chi connectivity index (χ2v) is 6.32. The summed E-state index contributed by atoms with van der Waals surface area (Å²) >= 11 is 5.63. The van der Waals surface area contributed by atoms with Crippen molar-refractivity contribution in [1.29, 1.82) is 0 Å². The van der Waals surface area contributed by atoms with Gasteiger partial charge in [0.15, 0.2) is 9.84 Å². The molecule has 0 saturated heterocycles. The minimum Gasteiger partial charge on any atom is -0.258 e. The Hall–Kier alpha value is -1.14. The number of nitro groups is 1. The van der Waals surface area contributed by atoms with Gasteiger partial charge in [-0.2, -0.15) is 0 Å². The minimum absolute atomic E-state index is 0.174. The molecule has 1 rings (SSSR count). The molecular formula is C9H10ClNO4S. The summed E-state index contributed by atoms with van der Waals surface area (Å²) < 4.78 is 23.7. The zero-order chi connectivity index (χ0) is 12.5. The quantitative estimate of drug-likeness (QED) is 0.620. The van der Waals surface area contributed by atoms with Gasteiger partial charge in [0.05, 0.1) is 10.2 Å². The van der Waals surface area contributed by atoms with E-state index in [4.69, 9.17) is 11.6 Å². The summed E-state index contributed by atoms with van der Waals surface area (Å²) in [7, 11) is -3.70. The summed E-state index contributed by atoms with van der Waals surface area (Å²) in [5.74, 6) is 0. The van der Waals surface area contributed by atoms with Crippen molar-refractivity contribution in [3.63, 3.8) is 0 Å². The summed E-state index contributed by atoms with van der Waals surface area (Å²) in [5.41, 5.74) is -0.558. The second-order valence-electron chi connectivity index (χ2n) is 3.44. The van der Waals surface area contributed by atoms with Crippen molar-refractivity contribution in [2.24, 2.45) is 0 Å². The van der Waals surface area contributed by atoms with Crippen LogP contribution in [0.2, 0.25) is 5.02 Å². The van der Waals surface area contributed by atoms with Crippen LogP contribution < -0.4 is 0 Å². The van der Waals surface area contributed by atoms with E-state index in [-0.39, 0.29) is 9.92 Å². The highest BCUT2D eigenvalue weighted by Crippen LogP contribution is 2.33. The topological polar surface area (TPSA) is 77.3 Å². The van der Waals surface area contributed by atoms with Gasteiger partial charge in [-0.05, 0) is 26.0 Å². The molecule has 16 heavy (non-hydrogen) atoms. The van der Waals surface area contributed by atoms with Gasteiger partial charge >= 0.3 is 5.69 Å². The largest absolute Gasteiger partial charge is 0.306 e. The molecule has 0 unspecified atom stereocenters. The van der Waals surface area contributed by atoms with E-state index in [1.54, 1.807) is 0 Å². The predicted octanol–water partition coefficient (Wildman–Crippen LogP) is 2.43. The van der Waals surface area contributed by atoms with E-state index < -0.39 is 25.7 Å². The number of sulfone groups is 1. The Kier molecular flexibility index (Phi) is 3.54. The van der Waals surface area contributed by atoms with Gasteiger partial charge in [-0.1, -0.05) is 17.7 Å². The van der Waals surface area contributed by atoms with Crippen LogP contribution in [0.4, 0.5) is 5.69 Å². The fraction of sp³-hybridized carbons (Fsp3) is 0.333. The fourth-order valence-electron chi connectivity index (χ4n) is 1.16. The van der Waals surface area contributed by atoms with Crippen LogP contribution in [0.5, 0.6) is 0 Å². The molecule has 7 heteroatoms. The number of nitro benzene ring substituents is 1.